The van der Waals surface area contributed by atoms with Crippen molar-refractivity contribution in [2.45, 2.75) is 39.5 Å². The van der Waals surface area contributed by atoms with Crippen LogP contribution in [-0.2, 0) is 28.6 Å². The van der Waals surface area contributed by atoms with Crippen molar-refractivity contribution in [2.75, 3.05) is 13.2 Å². The molecule has 2 aliphatic carbocycles. The number of ether oxygens (including phenoxy) is 4. The first-order chi connectivity index (χ1) is 19.7. The highest BCUT2D eigenvalue weighted by Gasteiger charge is 2.27. The van der Waals surface area contributed by atoms with Gasteiger partial charge in [0.1, 0.15) is 17.3 Å². The molecule has 1 aromatic carbocycles. The number of nitrogens with one attached hydrogen (secondary N) is 1. The lowest BCUT2D eigenvalue weighted by atomic mass is 9.89. The molecule has 9 heteroatoms. The Morgan fingerprint density at radius 3 is 2.27 bits per heavy atom. The van der Waals surface area contributed by atoms with Gasteiger partial charge in [0.15, 0.2) is 0 Å². The van der Waals surface area contributed by atoms with Gasteiger partial charge >= 0.3 is 17.9 Å². The number of benzene rings is 1. The van der Waals surface area contributed by atoms with Crippen molar-refractivity contribution in [1.82, 2.24) is 5.32 Å². The Kier molecular flexibility index (Phi) is 11.5. The minimum Gasteiger partial charge on any atom is -0.494 e. The van der Waals surface area contributed by atoms with Crippen LogP contribution < -0.4 is 10.1 Å². The molecule has 0 fully saturated rings. The molecule has 0 radical (unpaired) electrons. The second-order valence-electron chi connectivity index (χ2n) is 9.63. The van der Waals surface area contributed by atoms with E-state index >= 15 is 0 Å². The molecule has 2 unspecified atom stereocenters. The molecule has 9 nitrogen and oxygen atoms in total. The second kappa shape index (κ2) is 15.2. The summed E-state index contributed by atoms with van der Waals surface area (Å²) >= 11 is 0. The minimum atomic E-state index is -0.497. The van der Waals surface area contributed by atoms with Gasteiger partial charge in [0.05, 0.1) is 24.7 Å². The number of amides is 1. The van der Waals surface area contributed by atoms with Crippen LogP contribution in [0.5, 0.6) is 5.75 Å². The number of allylic oxidation sites excluding steroid dienone is 6. The van der Waals surface area contributed by atoms with E-state index in [0.717, 1.165) is 6.08 Å². The quantitative estimate of drug-likeness (QED) is 0.151. The number of hydrogen-bond donors (Lipinski definition) is 1. The monoisotopic (exact) mass is 561 g/mol. The van der Waals surface area contributed by atoms with Gasteiger partial charge in [0.25, 0.3) is 5.91 Å². The fraction of sp³-hybridized carbons (Fsp3) is 0.312. The summed E-state index contributed by atoms with van der Waals surface area (Å²) in [6.45, 7) is 11.2. The first-order valence-electron chi connectivity index (χ1n) is 13.4. The van der Waals surface area contributed by atoms with Gasteiger partial charge in [0, 0.05) is 30.2 Å². The Morgan fingerprint density at radius 2 is 1.66 bits per heavy atom. The van der Waals surface area contributed by atoms with Crippen molar-refractivity contribution in [3.05, 3.63) is 102 Å². The number of carbonyl (C=O) groups excluding carboxylic acids is 4. The van der Waals surface area contributed by atoms with Crippen molar-refractivity contribution >= 4 is 23.8 Å². The van der Waals surface area contributed by atoms with Gasteiger partial charge in [-0.3, -0.25) is 9.59 Å². The summed E-state index contributed by atoms with van der Waals surface area (Å²) in [4.78, 5) is 48.1. The van der Waals surface area contributed by atoms with E-state index in [1.807, 2.05) is 13.0 Å². The van der Waals surface area contributed by atoms with Crippen molar-refractivity contribution < 1.29 is 38.1 Å². The van der Waals surface area contributed by atoms with Gasteiger partial charge < -0.3 is 24.3 Å². The number of esters is 3. The van der Waals surface area contributed by atoms with E-state index in [9.17, 15) is 19.2 Å². The summed E-state index contributed by atoms with van der Waals surface area (Å²) in [7, 11) is 0. The van der Waals surface area contributed by atoms with Crippen molar-refractivity contribution in [3.8, 4) is 5.75 Å². The highest BCUT2D eigenvalue weighted by molar-refractivity contribution is 5.93. The van der Waals surface area contributed by atoms with Crippen LogP contribution in [0.2, 0.25) is 0 Å². The molecule has 0 saturated heterocycles. The van der Waals surface area contributed by atoms with Crippen LogP contribution >= 0.6 is 0 Å². The maximum Gasteiger partial charge on any atom is 0.343 e. The topological polar surface area (TPSA) is 117 Å². The largest absolute Gasteiger partial charge is 0.494 e. The molecule has 0 aromatic heterocycles. The average Bonchev–Trinajstić information content (AvgIpc) is 2.96. The summed E-state index contributed by atoms with van der Waals surface area (Å²) in [5.41, 5.74) is 1.39. The van der Waals surface area contributed by atoms with Crippen LogP contribution in [0.4, 0.5) is 0 Å². The Bertz CT molecular complexity index is 1300. The van der Waals surface area contributed by atoms with Gasteiger partial charge in [-0.2, -0.15) is 0 Å². The Balaban J connectivity index is 1.43. The molecule has 3 rings (SSSR count). The molecule has 0 bridgehead atoms. The molecule has 0 heterocycles. The summed E-state index contributed by atoms with van der Waals surface area (Å²) in [5, 5.41) is 2.74. The van der Waals surface area contributed by atoms with E-state index in [1.54, 1.807) is 55.5 Å². The molecule has 0 saturated carbocycles. The van der Waals surface area contributed by atoms with Gasteiger partial charge in [-0.05, 0) is 68.2 Å². The predicted molar refractivity (Wildman–Crippen MR) is 152 cm³/mol. The van der Waals surface area contributed by atoms with Crippen molar-refractivity contribution in [1.29, 1.82) is 0 Å². The van der Waals surface area contributed by atoms with Crippen LogP contribution in [-0.4, -0.2) is 37.0 Å². The zero-order chi connectivity index (χ0) is 29.8. The smallest absolute Gasteiger partial charge is 0.343 e. The molecule has 0 aliphatic heterocycles. The Hall–Kier alpha value is -4.66. The maximum atomic E-state index is 12.8. The highest BCUT2D eigenvalue weighted by Crippen LogP contribution is 2.27. The molecule has 216 valence electrons. The molecule has 2 atom stereocenters. The van der Waals surface area contributed by atoms with Crippen LogP contribution in [0.3, 0.4) is 0 Å². The number of carbonyl (C=O) groups is 4. The van der Waals surface area contributed by atoms with Crippen molar-refractivity contribution in [3.63, 3.8) is 0 Å². The zero-order valence-corrected chi connectivity index (χ0v) is 23.4. The predicted octanol–water partition coefficient (Wildman–Crippen LogP) is 5.23. The summed E-state index contributed by atoms with van der Waals surface area (Å²) in [6, 6.07) is 6.62. The number of rotatable bonds is 13. The molecule has 1 N–H and O–H groups in total. The fourth-order valence-electron chi connectivity index (χ4n) is 3.90. The lowest BCUT2D eigenvalue weighted by Crippen LogP contribution is -2.28. The maximum absolute atomic E-state index is 12.8. The summed E-state index contributed by atoms with van der Waals surface area (Å²) in [6.07, 6.45) is 11.8. The lowest BCUT2D eigenvalue weighted by Gasteiger charge is -2.23. The summed E-state index contributed by atoms with van der Waals surface area (Å²) in [5.74, 6) is -0.697. The fourth-order valence-corrected chi connectivity index (χ4v) is 3.90. The molecule has 1 amide bonds. The molecule has 0 spiro atoms. The van der Waals surface area contributed by atoms with E-state index in [-0.39, 0.29) is 11.8 Å². The SMILES string of the molecule is C=CC(=O)OCCCCOc1ccc(C(=O)OC2=CC=C(OC(=O)C3C=CC(NC(=O)C(=C)C)=CC3C)CC2)cc1. The first kappa shape index (κ1) is 30.9. The number of hydrogen-bond acceptors (Lipinski definition) is 8. The Labute approximate surface area is 239 Å². The van der Waals surface area contributed by atoms with Gasteiger partial charge in [0.2, 0.25) is 0 Å². The van der Waals surface area contributed by atoms with E-state index in [1.165, 1.54) is 0 Å². The van der Waals surface area contributed by atoms with E-state index in [2.05, 4.69) is 18.5 Å². The zero-order valence-electron chi connectivity index (χ0n) is 23.4. The van der Waals surface area contributed by atoms with Crippen LogP contribution in [0.1, 0.15) is 49.9 Å². The molecule has 2 aliphatic rings. The molecule has 41 heavy (non-hydrogen) atoms. The van der Waals surface area contributed by atoms with Crippen LogP contribution in [0.15, 0.2) is 96.7 Å². The standard InChI is InChI=1S/C32H35NO8/c1-5-29(34)39-19-7-6-18-38-25-11-8-23(9-12-25)31(36)40-26-13-15-27(16-14-26)41-32(37)28-17-10-24(20-22(28)4)33-30(35)21(2)3/h5,8-13,15,17,20,22,28H,1-2,6-7,14,16,18-19H2,3-4H3,(H,33,35). The average molecular weight is 562 g/mol. The van der Waals surface area contributed by atoms with Gasteiger partial charge in [-0.25, -0.2) is 9.59 Å². The minimum absolute atomic E-state index is 0.171. The van der Waals surface area contributed by atoms with Gasteiger partial charge in [-0.1, -0.05) is 32.2 Å². The molecule has 1 aromatic rings. The lowest BCUT2D eigenvalue weighted by molar-refractivity contribution is -0.144. The van der Waals surface area contributed by atoms with Crippen molar-refractivity contribution in [2.24, 2.45) is 11.8 Å². The third-order valence-electron chi connectivity index (χ3n) is 6.25. The normalized spacial score (nSPS) is 17.7. The molecular weight excluding hydrogens is 526 g/mol. The van der Waals surface area contributed by atoms with E-state index < -0.39 is 23.8 Å². The van der Waals surface area contributed by atoms with E-state index in [4.69, 9.17) is 18.9 Å². The second-order valence-corrected chi connectivity index (χ2v) is 9.63. The third-order valence-corrected chi connectivity index (χ3v) is 6.25. The van der Waals surface area contributed by atoms with Crippen LogP contribution in [0, 0.1) is 11.8 Å². The first-order valence-corrected chi connectivity index (χ1v) is 13.4. The highest BCUT2D eigenvalue weighted by atomic mass is 16.5. The molecular formula is C32H35NO8. The van der Waals surface area contributed by atoms with E-state index in [0.29, 0.717) is 73.0 Å². The summed E-state index contributed by atoms with van der Waals surface area (Å²) < 4.78 is 21.7. The van der Waals surface area contributed by atoms with Crippen LogP contribution in [0.25, 0.3) is 0 Å². The van der Waals surface area contributed by atoms with Gasteiger partial charge in [-0.15, -0.1) is 0 Å². The third kappa shape index (κ3) is 9.79. The Morgan fingerprint density at radius 1 is 1.00 bits per heavy atom. The number of unbranched alkanes of at least 4 members (excludes halogenated alkanes) is 1.